The minimum atomic E-state index is 0.0219. The van der Waals surface area contributed by atoms with Gasteiger partial charge in [-0.25, -0.2) is 0 Å². The number of hydrogen-bond acceptors (Lipinski definition) is 5. The Balaban J connectivity index is 3.52. The van der Waals surface area contributed by atoms with Crippen LogP contribution in [-0.2, 0) is 9.53 Å². The lowest BCUT2D eigenvalue weighted by atomic mass is 10.1. The third kappa shape index (κ3) is 10.9. The van der Waals surface area contributed by atoms with Crippen molar-refractivity contribution in [1.29, 1.82) is 0 Å². The Hall–Kier alpha value is 0.0900. The molecule has 2 N–H and O–H groups in total. The summed E-state index contributed by atoms with van der Waals surface area (Å²) in [7, 11) is 3.52. The van der Waals surface area contributed by atoms with E-state index in [0.717, 1.165) is 6.42 Å². The fourth-order valence-corrected chi connectivity index (χ4v) is 3.44. The quantitative estimate of drug-likeness (QED) is 0.471. The highest BCUT2D eigenvalue weighted by Crippen LogP contribution is 2.36. The van der Waals surface area contributed by atoms with Crippen molar-refractivity contribution in [2.75, 3.05) is 32.6 Å². The lowest BCUT2D eigenvalue weighted by Crippen LogP contribution is -2.29. The van der Waals surface area contributed by atoms with Gasteiger partial charge in [-0.2, -0.15) is 0 Å². The van der Waals surface area contributed by atoms with E-state index in [-0.39, 0.29) is 17.3 Å². The van der Waals surface area contributed by atoms with Crippen molar-refractivity contribution >= 4 is 27.5 Å². The number of amides is 1. The average molecular weight is 281 g/mol. The molecule has 1 amide bonds. The molecule has 0 aromatic heterocycles. The summed E-state index contributed by atoms with van der Waals surface area (Å²) in [5.41, 5.74) is 0. The van der Waals surface area contributed by atoms with Crippen LogP contribution in [0.3, 0.4) is 0 Å². The molecule has 0 aliphatic carbocycles. The standard InChI is InChI=1S/C11H23NO3S2/c1-11(2,17-16-3)5-4-10(14)12-6-8-15-9-7-13/h13H,4-9H2,1-3H3,(H,12,14). The van der Waals surface area contributed by atoms with Crippen molar-refractivity contribution in [3.05, 3.63) is 0 Å². The summed E-state index contributed by atoms with van der Waals surface area (Å²) >= 11 is 0. The summed E-state index contributed by atoms with van der Waals surface area (Å²) in [6, 6.07) is 0. The van der Waals surface area contributed by atoms with Crippen molar-refractivity contribution in [3.63, 3.8) is 0 Å². The molecule has 0 saturated carbocycles. The van der Waals surface area contributed by atoms with Gasteiger partial charge in [0.25, 0.3) is 0 Å². The number of rotatable bonds is 10. The smallest absolute Gasteiger partial charge is 0.220 e. The first kappa shape index (κ1) is 17.1. The van der Waals surface area contributed by atoms with E-state index in [4.69, 9.17) is 9.84 Å². The van der Waals surface area contributed by atoms with Gasteiger partial charge in [-0.1, -0.05) is 21.6 Å². The van der Waals surface area contributed by atoms with Gasteiger partial charge < -0.3 is 15.2 Å². The number of ether oxygens (including phenoxy) is 1. The number of hydrogen-bond donors (Lipinski definition) is 2. The number of carbonyl (C=O) groups excluding carboxylic acids is 1. The van der Waals surface area contributed by atoms with Crippen LogP contribution in [0.25, 0.3) is 0 Å². The molecular weight excluding hydrogens is 258 g/mol. The predicted molar refractivity (Wildman–Crippen MR) is 75.3 cm³/mol. The highest BCUT2D eigenvalue weighted by atomic mass is 33.1. The fourth-order valence-electron chi connectivity index (χ4n) is 1.20. The van der Waals surface area contributed by atoms with Crippen molar-refractivity contribution in [2.24, 2.45) is 0 Å². The molecule has 0 aromatic carbocycles. The summed E-state index contributed by atoms with van der Waals surface area (Å²) in [6.45, 7) is 5.60. The van der Waals surface area contributed by atoms with Crippen molar-refractivity contribution < 1.29 is 14.6 Å². The van der Waals surface area contributed by atoms with Gasteiger partial charge in [-0.05, 0) is 26.5 Å². The van der Waals surface area contributed by atoms with Crippen LogP contribution in [0.2, 0.25) is 0 Å². The second kappa shape index (κ2) is 10.1. The summed E-state index contributed by atoms with van der Waals surface area (Å²) in [6.07, 6.45) is 3.45. The minimum Gasteiger partial charge on any atom is -0.394 e. The highest BCUT2D eigenvalue weighted by molar-refractivity contribution is 8.76. The summed E-state index contributed by atoms with van der Waals surface area (Å²) < 4.78 is 5.17. The van der Waals surface area contributed by atoms with Gasteiger partial charge in [-0.15, -0.1) is 0 Å². The lowest BCUT2D eigenvalue weighted by molar-refractivity contribution is -0.121. The highest BCUT2D eigenvalue weighted by Gasteiger charge is 2.19. The molecule has 0 unspecified atom stereocenters. The Kier molecular flexibility index (Phi) is 10.1. The molecule has 0 spiro atoms. The molecule has 0 rings (SSSR count). The van der Waals surface area contributed by atoms with Crippen LogP contribution in [0, 0.1) is 0 Å². The monoisotopic (exact) mass is 281 g/mol. The van der Waals surface area contributed by atoms with Crippen LogP contribution in [0.15, 0.2) is 0 Å². The van der Waals surface area contributed by atoms with Gasteiger partial charge in [0.05, 0.1) is 19.8 Å². The topological polar surface area (TPSA) is 58.6 Å². The Morgan fingerprint density at radius 2 is 2.12 bits per heavy atom. The van der Waals surface area contributed by atoms with E-state index in [9.17, 15) is 4.79 Å². The van der Waals surface area contributed by atoms with Crippen LogP contribution in [0.4, 0.5) is 0 Å². The maximum atomic E-state index is 11.5. The molecule has 0 fully saturated rings. The number of aliphatic hydroxyl groups is 1. The number of nitrogens with one attached hydrogen (secondary N) is 1. The van der Waals surface area contributed by atoms with Crippen LogP contribution >= 0.6 is 21.6 Å². The molecule has 0 aliphatic heterocycles. The second-order valence-corrected chi connectivity index (χ2v) is 7.30. The Bertz CT molecular complexity index is 213. The van der Waals surface area contributed by atoms with E-state index in [2.05, 4.69) is 19.2 Å². The molecule has 0 aliphatic rings. The molecule has 0 bridgehead atoms. The summed E-state index contributed by atoms with van der Waals surface area (Å²) in [5.74, 6) is 0.0624. The minimum absolute atomic E-state index is 0.0219. The zero-order valence-electron chi connectivity index (χ0n) is 10.8. The van der Waals surface area contributed by atoms with Gasteiger partial charge in [0.1, 0.15) is 0 Å². The van der Waals surface area contributed by atoms with E-state index >= 15 is 0 Å². The van der Waals surface area contributed by atoms with E-state index in [1.807, 2.05) is 6.26 Å². The molecule has 17 heavy (non-hydrogen) atoms. The second-order valence-electron chi connectivity index (χ2n) is 4.20. The normalized spacial score (nSPS) is 11.5. The molecule has 0 heterocycles. The maximum Gasteiger partial charge on any atom is 0.220 e. The van der Waals surface area contributed by atoms with Gasteiger partial charge in [0, 0.05) is 17.7 Å². The molecule has 0 atom stereocenters. The number of carbonyl (C=O) groups is 1. The molecule has 0 saturated heterocycles. The van der Waals surface area contributed by atoms with Gasteiger partial charge in [0.15, 0.2) is 0 Å². The fraction of sp³-hybridized carbons (Fsp3) is 0.909. The average Bonchev–Trinajstić information content (AvgIpc) is 2.26. The SMILES string of the molecule is CSSC(C)(C)CCC(=O)NCCOCCO. The zero-order chi connectivity index (χ0) is 13.1. The molecular formula is C11H23NO3S2. The van der Waals surface area contributed by atoms with Crippen LogP contribution in [0.1, 0.15) is 26.7 Å². The molecule has 0 aromatic rings. The Morgan fingerprint density at radius 1 is 1.41 bits per heavy atom. The predicted octanol–water partition coefficient (Wildman–Crippen LogP) is 1.68. The third-order valence-electron chi connectivity index (χ3n) is 2.07. The van der Waals surface area contributed by atoms with Crippen molar-refractivity contribution in [2.45, 2.75) is 31.4 Å². The first-order valence-corrected chi connectivity index (χ1v) is 8.25. The van der Waals surface area contributed by atoms with Gasteiger partial charge in [-0.3, -0.25) is 4.79 Å². The van der Waals surface area contributed by atoms with E-state index in [1.54, 1.807) is 21.6 Å². The summed E-state index contributed by atoms with van der Waals surface area (Å²) in [4.78, 5) is 11.5. The van der Waals surface area contributed by atoms with E-state index in [0.29, 0.717) is 26.2 Å². The third-order valence-corrected chi connectivity index (χ3v) is 4.74. The van der Waals surface area contributed by atoms with Crippen molar-refractivity contribution in [1.82, 2.24) is 5.32 Å². The molecule has 0 radical (unpaired) electrons. The zero-order valence-corrected chi connectivity index (χ0v) is 12.5. The van der Waals surface area contributed by atoms with Crippen LogP contribution in [0.5, 0.6) is 0 Å². The van der Waals surface area contributed by atoms with E-state index in [1.165, 1.54) is 0 Å². The molecule has 102 valence electrons. The maximum absolute atomic E-state index is 11.5. The largest absolute Gasteiger partial charge is 0.394 e. The van der Waals surface area contributed by atoms with Gasteiger partial charge >= 0.3 is 0 Å². The molecule has 6 heteroatoms. The Morgan fingerprint density at radius 3 is 2.71 bits per heavy atom. The van der Waals surface area contributed by atoms with E-state index < -0.39 is 0 Å². The lowest BCUT2D eigenvalue weighted by Gasteiger charge is -2.21. The van der Waals surface area contributed by atoms with Crippen LogP contribution in [-0.4, -0.2) is 48.4 Å². The Labute approximate surface area is 112 Å². The first-order valence-electron chi connectivity index (χ1n) is 5.69. The van der Waals surface area contributed by atoms with Gasteiger partial charge in [0.2, 0.25) is 5.91 Å². The molecule has 4 nitrogen and oxygen atoms in total. The number of aliphatic hydroxyl groups excluding tert-OH is 1. The first-order chi connectivity index (χ1) is 8.02. The summed E-state index contributed by atoms with van der Waals surface area (Å²) in [5, 5.41) is 11.3. The van der Waals surface area contributed by atoms with Crippen LogP contribution < -0.4 is 5.32 Å². The van der Waals surface area contributed by atoms with Crippen molar-refractivity contribution in [3.8, 4) is 0 Å².